The zero-order chi connectivity index (χ0) is 24.9. The number of hydrogen-bond donors (Lipinski definition) is 2. The molecule has 1 atom stereocenters. The van der Waals surface area contributed by atoms with Crippen molar-refractivity contribution in [3.8, 4) is 17.7 Å². The van der Waals surface area contributed by atoms with E-state index in [-0.39, 0.29) is 29.6 Å². The number of nitriles is 1. The molecule has 1 saturated heterocycles. The van der Waals surface area contributed by atoms with E-state index in [2.05, 4.69) is 15.6 Å². The van der Waals surface area contributed by atoms with Crippen LogP contribution in [0.1, 0.15) is 13.8 Å². The number of fused-ring (bicyclic) bond motifs is 1. The second-order valence-electron chi connectivity index (χ2n) is 8.51. The molecule has 0 radical (unpaired) electrons. The van der Waals surface area contributed by atoms with E-state index in [1.807, 2.05) is 24.9 Å². The van der Waals surface area contributed by atoms with Crippen LogP contribution in [0.3, 0.4) is 0 Å². The van der Waals surface area contributed by atoms with Gasteiger partial charge in [0.05, 0.1) is 6.04 Å². The van der Waals surface area contributed by atoms with Crippen LogP contribution in [-0.4, -0.2) is 60.7 Å². The maximum absolute atomic E-state index is 14.2. The van der Waals surface area contributed by atoms with Crippen LogP contribution in [0.5, 0.6) is 11.5 Å². The number of ether oxygens (including phenoxy) is 2. The monoisotopic (exact) mass is 484 g/mol. The predicted octanol–water partition coefficient (Wildman–Crippen LogP) is 3.67. The number of nitrogens with zero attached hydrogens (tertiary/aromatic N) is 4. The van der Waals surface area contributed by atoms with Crippen LogP contribution >= 0.6 is 0 Å². The predicted molar refractivity (Wildman–Crippen MR) is 126 cm³/mol. The molecule has 35 heavy (non-hydrogen) atoms. The number of halogens is 2. The summed E-state index contributed by atoms with van der Waals surface area (Å²) < 4.78 is 38.9. The quantitative estimate of drug-likeness (QED) is 0.298. The fraction of sp³-hybridized carbons (Fsp3) is 0.375. The lowest BCUT2D eigenvalue weighted by Crippen LogP contribution is -2.60. The third-order valence-corrected chi connectivity index (χ3v) is 5.84. The first-order chi connectivity index (χ1) is 16.9. The molecule has 2 heterocycles. The Labute approximate surface area is 201 Å². The van der Waals surface area contributed by atoms with Crippen molar-refractivity contribution < 1.29 is 23.0 Å². The molecular formula is C24H26F2N6O3. The molecule has 184 valence electrons. The summed E-state index contributed by atoms with van der Waals surface area (Å²) in [5.74, 6) is 0.0245. The van der Waals surface area contributed by atoms with E-state index < -0.39 is 11.6 Å². The lowest BCUT2D eigenvalue weighted by molar-refractivity contribution is 0.118. The van der Waals surface area contributed by atoms with Crippen molar-refractivity contribution in [2.75, 3.05) is 38.2 Å². The van der Waals surface area contributed by atoms with Gasteiger partial charge in [-0.1, -0.05) is 13.8 Å². The number of nitrogens with one attached hydrogen (secondary N) is 2. The molecule has 0 spiro atoms. The van der Waals surface area contributed by atoms with Gasteiger partial charge in [0.1, 0.15) is 30.5 Å². The maximum Gasteiger partial charge on any atom is 0.321 e. The van der Waals surface area contributed by atoms with E-state index in [9.17, 15) is 18.8 Å². The van der Waals surface area contributed by atoms with E-state index in [1.165, 1.54) is 0 Å². The number of amides is 2. The largest absolute Gasteiger partial charge is 0.486 e. The first kappa shape index (κ1) is 24.1. The number of carbonyl (C=O) groups is 1. The number of rotatable bonds is 3. The first-order valence-electron chi connectivity index (χ1n) is 11.3. The van der Waals surface area contributed by atoms with Gasteiger partial charge in [-0.05, 0) is 30.2 Å². The van der Waals surface area contributed by atoms with Crippen LogP contribution in [0.15, 0.2) is 41.4 Å². The number of guanidine groups is 1. The summed E-state index contributed by atoms with van der Waals surface area (Å²) in [5.41, 5.74) is 0.363. The Balaban J connectivity index is 1.50. The Morgan fingerprint density at radius 2 is 1.91 bits per heavy atom. The summed E-state index contributed by atoms with van der Waals surface area (Å²) in [5, 5.41) is 14.6. The minimum atomic E-state index is -0.706. The van der Waals surface area contributed by atoms with Crippen molar-refractivity contribution in [2.24, 2.45) is 10.9 Å². The molecule has 1 fully saturated rings. The summed E-state index contributed by atoms with van der Waals surface area (Å²) in [4.78, 5) is 20.7. The molecule has 1 unspecified atom stereocenters. The van der Waals surface area contributed by atoms with Gasteiger partial charge in [0.15, 0.2) is 17.7 Å². The Hall–Kier alpha value is -4.07. The molecule has 2 aliphatic heterocycles. The van der Waals surface area contributed by atoms with Crippen molar-refractivity contribution in [1.82, 2.24) is 15.1 Å². The van der Waals surface area contributed by atoms with Gasteiger partial charge in [-0.25, -0.2) is 18.6 Å². The molecule has 2 aromatic carbocycles. The van der Waals surface area contributed by atoms with Gasteiger partial charge in [0.25, 0.3) is 0 Å². The molecule has 0 aliphatic carbocycles. The van der Waals surface area contributed by atoms with Crippen LogP contribution in [0.4, 0.5) is 25.0 Å². The summed E-state index contributed by atoms with van der Waals surface area (Å²) in [6.07, 6.45) is 1.82. The molecule has 2 aromatic rings. The van der Waals surface area contributed by atoms with Gasteiger partial charge in [0, 0.05) is 37.5 Å². The summed E-state index contributed by atoms with van der Waals surface area (Å²) >= 11 is 0. The van der Waals surface area contributed by atoms with Gasteiger partial charge in [-0.2, -0.15) is 5.26 Å². The van der Waals surface area contributed by atoms with Gasteiger partial charge in [0.2, 0.25) is 5.96 Å². The fourth-order valence-corrected chi connectivity index (χ4v) is 4.05. The molecule has 2 N–H and O–H groups in total. The molecule has 2 amide bonds. The van der Waals surface area contributed by atoms with E-state index in [4.69, 9.17) is 9.47 Å². The number of carbonyl (C=O) groups excluding carboxylic acids is 1. The highest BCUT2D eigenvalue weighted by Crippen LogP contribution is 2.33. The average Bonchev–Trinajstić information content (AvgIpc) is 2.85. The zero-order valence-electron chi connectivity index (χ0n) is 19.4. The van der Waals surface area contributed by atoms with Crippen molar-refractivity contribution in [3.63, 3.8) is 0 Å². The molecule has 0 saturated carbocycles. The van der Waals surface area contributed by atoms with E-state index in [0.717, 1.165) is 18.2 Å². The zero-order valence-corrected chi connectivity index (χ0v) is 19.4. The van der Waals surface area contributed by atoms with Crippen LogP contribution in [0.25, 0.3) is 0 Å². The van der Waals surface area contributed by atoms with Crippen LogP contribution in [-0.2, 0) is 0 Å². The molecule has 0 aromatic heterocycles. The molecular weight excluding hydrogens is 458 g/mol. The molecule has 9 nitrogen and oxygen atoms in total. The average molecular weight is 485 g/mol. The SMILES string of the molecule is CC(C)C1CN(C(=O)Nc2ccc3c(c2)OCCO3)CCN1C(=Nc1cc(F)ccc1F)NC#N. The number of aliphatic imine (C=N–C) groups is 1. The van der Waals surface area contributed by atoms with Gasteiger partial charge in [-0.3, -0.25) is 5.32 Å². The van der Waals surface area contributed by atoms with Crippen molar-refractivity contribution in [1.29, 1.82) is 5.26 Å². The first-order valence-corrected chi connectivity index (χ1v) is 11.3. The second kappa shape index (κ2) is 10.5. The molecule has 11 heteroatoms. The summed E-state index contributed by atoms with van der Waals surface area (Å²) in [6, 6.07) is 7.66. The Morgan fingerprint density at radius 1 is 1.14 bits per heavy atom. The van der Waals surface area contributed by atoms with E-state index in [0.29, 0.717) is 50.0 Å². The molecule has 0 bridgehead atoms. The third kappa shape index (κ3) is 5.54. The normalized spacial score (nSPS) is 17.7. The lowest BCUT2D eigenvalue weighted by Gasteiger charge is -2.44. The lowest BCUT2D eigenvalue weighted by atomic mass is 10.00. The van der Waals surface area contributed by atoms with Gasteiger partial charge >= 0.3 is 6.03 Å². The number of hydrogen-bond acceptors (Lipinski definition) is 5. The third-order valence-electron chi connectivity index (χ3n) is 5.84. The van der Waals surface area contributed by atoms with Crippen LogP contribution in [0, 0.1) is 29.0 Å². The summed E-state index contributed by atoms with van der Waals surface area (Å²) in [6.45, 7) is 5.89. The topological polar surface area (TPSA) is 102 Å². The number of benzene rings is 2. The highest BCUT2D eigenvalue weighted by molar-refractivity contribution is 5.90. The van der Waals surface area contributed by atoms with Gasteiger partial charge < -0.3 is 24.6 Å². The molecule has 4 rings (SSSR count). The van der Waals surface area contributed by atoms with Gasteiger partial charge in [-0.15, -0.1) is 0 Å². The Bertz CT molecular complexity index is 1170. The van der Waals surface area contributed by atoms with Crippen molar-refractivity contribution >= 4 is 23.4 Å². The minimum absolute atomic E-state index is 0.0583. The van der Waals surface area contributed by atoms with E-state index in [1.54, 1.807) is 23.1 Å². The Morgan fingerprint density at radius 3 is 2.66 bits per heavy atom. The molecule has 2 aliphatic rings. The number of anilines is 1. The summed E-state index contributed by atoms with van der Waals surface area (Å²) in [7, 11) is 0. The second-order valence-corrected chi connectivity index (χ2v) is 8.51. The van der Waals surface area contributed by atoms with Crippen molar-refractivity contribution in [3.05, 3.63) is 48.0 Å². The Kier molecular flexibility index (Phi) is 7.19. The highest BCUT2D eigenvalue weighted by atomic mass is 19.1. The number of urea groups is 1. The highest BCUT2D eigenvalue weighted by Gasteiger charge is 2.34. The van der Waals surface area contributed by atoms with E-state index >= 15 is 0 Å². The maximum atomic E-state index is 14.2. The van der Waals surface area contributed by atoms with Crippen LogP contribution < -0.4 is 20.1 Å². The standard InChI is InChI=1S/C24H26F2N6O3/c1-15(2)20-13-31(24(33)29-17-4-6-21-22(12-17)35-10-9-34-21)7-8-32(20)23(28-14-27)30-19-11-16(25)3-5-18(19)26/h3-6,11-12,15,20H,7-10,13H2,1-2H3,(H,28,30)(H,29,33). The fourth-order valence-electron chi connectivity index (χ4n) is 4.05. The number of piperazine rings is 1. The minimum Gasteiger partial charge on any atom is -0.486 e. The van der Waals surface area contributed by atoms with Crippen LogP contribution in [0.2, 0.25) is 0 Å². The van der Waals surface area contributed by atoms with Crippen molar-refractivity contribution in [2.45, 2.75) is 19.9 Å². The smallest absolute Gasteiger partial charge is 0.321 e.